The first-order valence-corrected chi connectivity index (χ1v) is 7.42. The van der Waals surface area contributed by atoms with Gasteiger partial charge in [-0.15, -0.1) is 0 Å². The van der Waals surface area contributed by atoms with Crippen LogP contribution in [0.4, 0.5) is 5.82 Å². The van der Waals surface area contributed by atoms with Gasteiger partial charge >= 0.3 is 0 Å². The largest absolute Gasteiger partial charge is 0.450 e. The Balaban J connectivity index is 1.64. The molecule has 2 N–H and O–H groups in total. The zero-order valence-corrected chi connectivity index (χ0v) is 12.3. The number of nitrogens with zero attached hydrogens (tertiary/aromatic N) is 2. The van der Waals surface area contributed by atoms with E-state index >= 15 is 0 Å². The van der Waals surface area contributed by atoms with E-state index in [9.17, 15) is 5.11 Å². The molecule has 23 heavy (non-hydrogen) atoms. The van der Waals surface area contributed by atoms with Crippen molar-refractivity contribution in [3.05, 3.63) is 66.5 Å². The Morgan fingerprint density at radius 3 is 2.65 bits per heavy atom. The number of furan rings is 1. The zero-order valence-electron chi connectivity index (χ0n) is 12.3. The van der Waals surface area contributed by atoms with Gasteiger partial charge in [0.15, 0.2) is 11.4 Å². The number of aromatic nitrogens is 2. The Labute approximate surface area is 132 Å². The van der Waals surface area contributed by atoms with Crippen LogP contribution in [0.15, 0.2) is 65.3 Å². The summed E-state index contributed by atoms with van der Waals surface area (Å²) in [7, 11) is 0. The van der Waals surface area contributed by atoms with Gasteiger partial charge in [-0.25, -0.2) is 9.97 Å². The molecule has 2 heterocycles. The lowest BCUT2D eigenvalue weighted by atomic mass is 10.1. The van der Waals surface area contributed by atoms with Crippen LogP contribution in [0.1, 0.15) is 11.7 Å². The molecular weight excluding hydrogens is 290 g/mol. The second-order valence-corrected chi connectivity index (χ2v) is 5.31. The molecule has 0 bridgehead atoms. The first-order valence-electron chi connectivity index (χ1n) is 7.42. The third-order valence-electron chi connectivity index (χ3n) is 3.81. The molecule has 0 aliphatic carbocycles. The normalized spacial score (nSPS) is 12.6. The second-order valence-electron chi connectivity index (χ2n) is 5.31. The van der Waals surface area contributed by atoms with E-state index in [1.165, 1.54) is 6.33 Å². The van der Waals surface area contributed by atoms with Crippen LogP contribution in [0.3, 0.4) is 0 Å². The van der Waals surface area contributed by atoms with Gasteiger partial charge < -0.3 is 14.8 Å². The number of nitrogens with one attached hydrogen (secondary N) is 1. The van der Waals surface area contributed by atoms with Crippen molar-refractivity contribution in [1.82, 2.24) is 9.97 Å². The molecule has 2 aromatic carbocycles. The number of fused-ring (bicyclic) bond motifs is 3. The van der Waals surface area contributed by atoms with Crippen molar-refractivity contribution < 1.29 is 9.52 Å². The topological polar surface area (TPSA) is 71.2 Å². The number of hydrogen-bond donors (Lipinski definition) is 2. The van der Waals surface area contributed by atoms with Gasteiger partial charge in [0.1, 0.15) is 17.4 Å². The van der Waals surface area contributed by atoms with Crippen LogP contribution >= 0.6 is 0 Å². The van der Waals surface area contributed by atoms with Gasteiger partial charge in [-0.2, -0.15) is 0 Å². The molecule has 0 aliphatic rings. The molecular formula is C18H15N3O2. The summed E-state index contributed by atoms with van der Waals surface area (Å²) < 4.78 is 5.85. The molecule has 0 spiro atoms. The molecule has 5 nitrogen and oxygen atoms in total. The average Bonchev–Trinajstić information content (AvgIpc) is 3.00. The molecule has 4 rings (SSSR count). The van der Waals surface area contributed by atoms with Crippen molar-refractivity contribution in [3.8, 4) is 0 Å². The molecule has 114 valence electrons. The fourth-order valence-corrected chi connectivity index (χ4v) is 2.64. The van der Waals surface area contributed by atoms with E-state index in [1.54, 1.807) is 0 Å². The lowest BCUT2D eigenvalue weighted by molar-refractivity contribution is 0.191. The summed E-state index contributed by atoms with van der Waals surface area (Å²) in [5.74, 6) is 0.584. The lowest BCUT2D eigenvalue weighted by Crippen LogP contribution is -2.13. The fraction of sp³-hybridized carbons (Fsp3) is 0.111. The van der Waals surface area contributed by atoms with Crippen LogP contribution in [-0.4, -0.2) is 21.6 Å². The maximum absolute atomic E-state index is 10.3. The summed E-state index contributed by atoms with van der Waals surface area (Å²) in [5, 5.41) is 14.4. The van der Waals surface area contributed by atoms with E-state index in [2.05, 4.69) is 15.3 Å². The quantitative estimate of drug-likeness (QED) is 0.603. The summed E-state index contributed by atoms with van der Waals surface area (Å²) in [6.07, 6.45) is 0.882. The van der Waals surface area contributed by atoms with Gasteiger partial charge in [-0.3, -0.25) is 0 Å². The minimum absolute atomic E-state index is 0.340. The molecule has 0 saturated carbocycles. The monoisotopic (exact) mass is 305 g/mol. The Hall–Kier alpha value is -2.92. The number of hydrogen-bond acceptors (Lipinski definition) is 5. The van der Waals surface area contributed by atoms with Crippen LogP contribution < -0.4 is 5.32 Å². The Kier molecular flexibility index (Phi) is 3.40. The molecule has 2 aromatic heterocycles. The van der Waals surface area contributed by atoms with Gasteiger partial charge in [0.25, 0.3) is 0 Å². The molecule has 0 unspecified atom stereocenters. The van der Waals surface area contributed by atoms with Crippen molar-refractivity contribution in [2.75, 3.05) is 11.9 Å². The highest BCUT2D eigenvalue weighted by atomic mass is 16.3. The number of benzene rings is 2. The van der Waals surface area contributed by atoms with E-state index < -0.39 is 6.10 Å². The van der Waals surface area contributed by atoms with E-state index in [-0.39, 0.29) is 0 Å². The highest BCUT2D eigenvalue weighted by molar-refractivity contribution is 6.05. The summed E-state index contributed by atoms with van der Waals surface area (Å²) in [4.78, 5) is 8.55. The van der Waals surface area contributed by atoms with Crippen LogP contribution in [0, 0.1) is 0 Å². The molecule has 4 aromatic rings. The van der Waals surface area contributed by atoms with Crippen molar-refractivity contribution in [3.63, 3.8) is 0 Å². The minimum atomic E-state index is -0.620. The predicted octanol–water partition coefficient (Wildman–Crippen LogP) is 3.52. The Morgan fingerprint density at radius 1 is 1.00 bits per heavy atom. The minimum Gasteiger partial charge on any atom is -0.450 e. The highest BCUT2D eigenvalue weighted by Gasteiger charge is 2.14. The molecule has 0 radical (unpaired) electrons. The van der Waals surface area contributed by atoms with Crippen molar-refractivity contribution >= 4 is 27.9 Å². The number of aliphatic hydroxyl groups is 1. The maximum atomic E-state index is 10.3. The van der Waals surface area contributed by atoms with E-state index in [0.717, 1.165) is 22.0 Å². The van der Waals surface area contributed by atoms with Crippen molar-refractivity contribution in [2.24, 2.45) is 0 Å². The van der Waals surface area contributed by atoms with Crippen molar-refractivity contribution in [2.45, 2.75) is 6.10 Å². The Morgan fingerprint density at radius 2 is 1.78 bits per heavy atom. The Bertz CT molecular complexity index is 950. The van der Waals surface area contributed by atoms with Crippen LogP contribution in [0.25, 0.3) is 22.1 Å². The average molecular weight is 305 g/mol. The SMILES string of the molecule is O[C@@H](CNc1ncnc2c1oc1ccccc12)c1ccccc1. The van der Waals surface area contributed by atoms with Gasteiger partial charge in [0.2, 0.25) is 0 Å². The fourth-order valence-electron chi connectivity index (χ4n) is 2.64. The number of rotatable bonds is 4. The third-order valence-corrected chi connectivity index (χ3v) is 3.81. The third kappa shape index (κ3) is 2.51. The number of para-hydroxylation sites is 1. The molecule has 0 saturated heterocycles. The second kappa shape index (κ2) is 5.70. The van der Waals surface area contributed by atoms with Crippen molar-refractivity contribution in [1.29, 1.82) is 0 Å². The summed E-state index contributed by atoms with van der Waals surface area (Å²) in [6, 6.07) is 17.3. The smallest absolute Gasteiger partial charge is 0.196 e. The predicted molar refractivity (Wildman–Crippen MR) is 89.2 cm³/mol. The van der Waals surface area contributed by atoms with E-state index in [0.29, 0.717) is 17.9 Å². The van der Waals surface area contributed by atoms with Gasteiger partial charge in [-0.05, 0) is 17.7 Å². The summed E-state index contributed by atoms with van der Waals surface area (Å²) in [6.45, 7) is 0.340. The van der Waals surface area contributed by atoms with Crippen LogP contribution in [0.2, 0.25) is 0 Å². The van der Waals surface area contributed by atoms with Crippen LogP contribution in [-0.2, 0) is 0 Å². The van der Waals surface area contributed by atoms with E-state index in [4.69, 9.17) is 4.42 Å². The summed E-state index contributed by atoms with van der Waals surface area (Å²) >= 11 is 0. The molecule has 0 aliphatic heterocycles. The van der Waals surface area contributed by atoms with Gasteiger partial charge in [0.05, 0.1) is 6.10 Å². The van der Waals surface area contributed by atoms with Gasteiger partial charge in [-0.1, -0.05) is 42.5 Å². The lowest BCUT2D eigenvalue weighted by Gasteiger charge is -2.12. The molecule has 0 amide bonds. The molecule has 0 fully saturated rings. The highest BCUT2D eigenvalue weighted by Crippen LogP contribution is 2.30. The molecule has 1 atom stereocenters. The number of aliphatic hydroxyl groups excluding tert-OH is 1. The molecule has 5 heteroatoms. The first kappa shape index (κ1) is 13.7. The van der Waals surface area contributed by atoms with Crippen LogP contribution in [0.5, 0.6) is 0 Å². The number of anilines is 1. The van der Waals surface area contributed by atoms with Gasteiger partial charge in [0, 0.05) is 11.9 Å². The zero-order chi connectivity index (χ0) is 15.6. The standard InChI is InChI=1S/C18H15N3O2/c22-14(12-6-2-1-3-7-12)10-19-18-17-16(20-11-21-18)13-8-4-5-9-15(13)23-17/h1-9,11,14,22H,10H2,(H,19,20,21)/t14-/m0/s1. The van der Waals surface area contributed by atoms with E-state index in [1.807, 2.05) is 54.6 Å². The summed E-state index contributed by atoms with van der Waals surface area (Å²) in [5.41, 5.74) is 3.01. The first-order chi connectivity index (χ1) is 11.3. The maximum Gasteiger partial charge on any atom is 0.196 e.